The summed E-state index contributed by atoms with van der Waals surface area (Å²) in [6, 6.07) is 5.43. The van der Waals surface area contributed by atoms with Gasteiger partial charge in [0.1, 0.15) is 17.3 Å². The normalized spacial score (nSPS) is 10.4. The second-order valence-corrected chi connectivity index (χ2v) is 4.31. The lowest BCUT2D eigenvalue weighted by Crippen LogP contribution is -2.12. The summed E-state index contributed by atoms with van der Waals surface area (Å²) in [5.41, 5.74) is 0.800. The molecule has 1 N–H and O–H groups in total. The second kappa shape index (κ2) is 4.82. The molecule has 0 saturated heterocycles. The maximum atomic E-state index is 12.9. The number of carbonyl (C=O) groups is 1. The Bertz CT molecular complexity index is 607. The number of benzene rings is 1. The molecule has 0 radical (unpaired) electrons. The quantitative estimate of drug-likeness (QED) is 0.895. The molecule has 1 aromatic heterocycles. The fourth-order valence-corrected chi connectivity index (χ4v) is 1.85. The molecule has 0 aliphatic carbocycles. The van der Waals surface area contributed by atoms with Gasteiger partial charge in [0.05, 0.1) is 16.3 Å². The van der Waals surface area contributed by atoms with Crippen LogP contribution in [0.5, 0.6) is 0 Å². The summed E-state index contributed by atoms with van der Waals surface area (Å²) in [5.74, 6) is 0.400. The number of carbonyl (C=O) groups excluding carboxylic acids is 1. The number of aryl methyl sites for hydroxylation is 2. The minimum Gasteiger partial charge on any atom is -0.466 e. The van der Waals surface area contributed by atoms with Gasteiger partial charge < -0.3 is 9.73 Å². The van der Waals surface area contributed by atoms with E-state index in [0.717, 1.165) is 6.07 Å². The zero-order valence-corrected chi connectivity index (χ0v) is 10.6. The molecule has 0 spiro atoms. The molecule has 1 heterocycles. The Balaban J connectivity index is 2.24. The number of hydrogen-bond donors (Lipinski definition) is 1. The van der Waals surface area contributed by atoms with Crippen molar-refractivity contribution >= 4 is 23.2 Å². The molecule has 3 nitrogen and oxygen atoms in total. The molecule has 1 aromatic carbocycles. The molecule has 18 heavy (non-hydrogen) atoms. The minimum atomic E-state index is -0.451. The van der Waals surface area contributed by atoms with Crippen molar-refractivity contribution in [2.45, 2.75) is 13.8 Å². The van der Waals surface area contributed by atoms with E-state index in [0.29, 0.717) is 22.8 Å². The maximum Gasteiger partial charge on any atom is 0.259 e. The van der Waals surface area contributed by atoms with Crippen molar-refractivity contribution in [2.24, 2.45) is 0 Å². The van der Waals surface area contributed by atoms with Crippen molar-refractivity contribution in [3.63, 3.8) is 0 Å². The van der Waals surface area contributed by atoms with Gasteiger partial charge in [0.2, 0.25) is 0 Å². The second-order valence-electron chi connectivity index (χ2n) is 3.91. The minimum absolute atomic E-state index is 0.154. The lowest BCUT2D eigenvalue weighted by Gasteiger charge is -2.06. The molecular formula is C13H11ClFNO2. The molecule has 0 bridgehead atoms. The lowest BCUT2D eigenvalue weighted by atomic mass is 10.2. The summed E-state index contributed by atoms with van der Waals surface area (Å²) in [7, 11) is 0. The summed E-state index contributed by atoms with van der Waals surface area (Å²) < 4.78 is 18.1. The van der Waals surface area contributed by atoms with E-state index in [9.17, 15) is 9.18 Å². The van der Waals surface area contributed by atoms with Crippen LogP contribution in [-0.4, -0.2) is 5.91 Å². The predicted molar refractivity (Wildman–Crippen MR) is 67.5 cm³/mol. The highest BCUT2D eigenvalue weighted by Crippen LogP contribution is 2.24. The van der Waals surface area contributed by atoms with Crippen LogP contribution < -0.4 is 5.32 Å². The molecule has 0 aliphatic heterocycles. The monoisotopic (exact) mass is 267 g/mol. The van der Waals surface area contributed by atoms with E-state index < -0.39 is 5.82 Å². The Morgan fingerprint density at radius 3 is 2.61 bits per heavy atom. The Morgan fingerprint density at radius 1 is 1.33 bits per heavy atom. The highest BCUT2D eigenvalue weighted by Gasteiger charge is 2.14. The number of amides is 1. The van der Waals surface area contributed by atoms with Gasteiger partial charge in [-0.05, 0) is 38.1 Å². The van der Waals surface area contributed by atoms with E-state index in [1.54, 1.807) is 19.9 Å². The molecule has 94 valence electrons. The number of furan rings is 1. The largest absolute Gasteiger partial charge is 0.466 e. The van der Waals surface area contributed by atoms with Gasteiger partial charge in [-0.25, -0.2) is 4.39 Å². The maximum absolute atomic E-state index is 12.9. The van der Waals surface area contributed by atoms with Crippen molar-refractivity contribution in [1.29, 1.82) is 0 Å². The first-order chi connectivity index (χ1) is 8.47. The van der Waals surface area contributed by atoms with Crippen molar-refractivity contribution in [1.82, 2.24) is 0 Å². The number of rotatable bonds is 2. The number of hydrogen-bond acceptors (Lipinski definition) is 2. The highest BCUT2D eigenvalue weighted by atomic mass is 35.5. The van der Waals surface area contributed by atoms with E-state index in [1.807, 2.05) is 0 Å². The molecule has 0 aliphatic rings. The van der Waals surface area contributed by atoms with Crippen LogP contribution in [0.2, 0.25) is 5.02 Å². The Morgan fingerprint density at radius 2 is 2.06 bits per heavy atom. The average molecular weight is 268 g/mol. The van der Waals surface area contributed by atoms with Gasteiger partial charge >= 0.3 is 0 Å². The van der Waals surface area contributed by atoms with Gasteiger partial charge in [-0.1, -0.05) is 11.6 Å². The van der Waals surface area contributed by atoms with E-state index in [4.69, 9.17) is 16.0 Å². The first kappa shape index (κ1) is 12.6. The van der Waals surface area contributed by atoms with Crippen LogP contribution in [0.3, 0.4) is 0 Å². The molecule has 5 heteroatoms. The van der Waals surface area contributed by atoms with Gasteiger partial charge in [0.25, 0.3) is 5.91 Å². The summed E-state index contributed by atoms with van der Waals surface area (Å²) in [4.78, 5) is 12.0. The summed E-state index contributed by atoms with van der Waals surface area (Å²) in [6.07, 6.45) is 0. The smallest absolute Gasteiger partial charge is 0.259 e. The molecule has 0 fully saturated rings. The van der Waals surface area contributed by atoms with Gasteiger partial charge in [0, 0.05) is 0 Å². The summed E-state index contributed by atoms with van der Waals surface area (Å²) >= 11 is 5.83. The third-order valence-electron chi connectivity index (χ3n) is 2.46. The predicted octanol–water partition coefficient (Wildman–Crippen LogP) is 3.94. The van der Waals surface area contributed by atoms with Crippen LogP contribution in [0.15, 0.2) is 28.7 Å². The molecule has 0 unspecified atom stereocenters. The van der Waals surface area contributed by atoms with Crippen LogP contribution in [0.1, 0.15) is 21.9 Å². The van der Waals surface area contributed by atoms with E-state index in [-0.39, 0.29) is 10.9 Å². The summed E-state index contributed by atoms with van der Waals surface area (Å²) in [5, 5.41) is 2.76. The SMILES string of the molecule is Cc1cc(C(=O)Nc2ccc(F)cc2Cl)c(C)o1. The van der Waals surface area contributed by atoms with Crippen LogP contribution >= 0.6 is 11.6 Å². The number of halogens is 2. The lowest BCUT2D eigenvalue weighted by molar-refractivity contribution is 0.102. The average Bonchev–Trinajstić information content (AvgIpc) is 2.62. The van der Waals surface area contributed by atoms with Gasteiger partial charge in [0.15, 0.2) is 0 Å². The van der Waals surface area contributed by atoms with Gasteiger partial charge in [-0.15, -0.1) is 0 Å². The van der Waals surface area contributed by atoms with Crippen molar-refractivity contribution < 1.29 is 13.6 Å². The highest BCUT2D eigenvalue weighted by molar-refractivity contribution is 6.33. The van der Waals surface area contributed by atoms with Crippen LogP contribution in [0, 0.1) is 19.7 Å². The molecule has 0 atom stereocenters. The number of anilines is 1. The topological polar surface area (TPSA) is 42.2 Å². The van der Waals surface area contributed by atoms with Crippen LogP contribution in [-0.2, 0) is 0 Å². The van der Waals surface area contributed by atoms with Crippen LogP contribution in [0.25, 0.3) is 0 Å². The fraction of sp³-hybridized carbons (Fsp3) is 0.154. The first-order valence-corrected chi connectivity index (χ1v) is 5.68. The molecule has 2 aromatic rings. The third-order valence-corrected chi connectivity index (χ3v) is 2.78. The summed E-state index contributed by atoms with van der Waals surface area (Å²) in [6.45, 7) is 3.46. The Kier molecular flexibility index (Phi) is 3.39. The zero-order valence-electron chi connectivity index (χ0n) is 9.88. The molecule has 1 amide bonds. The fourth-order valence-electron chi connectivity index (χ4n) is 1.64. The molecular weight excluding hydrogens is 257 g/mol. The first-order valence-electron chi connectivity index (χ1n) is 5.31. The Hall–Kier alpha value is -1.81. The molecule has 0 saturated carbocycles. The van der Waals surface area contributed by atoms with Crippen molar-refractivity contribution in [2.75, 3.05) is 5.32 Å². The van der Waals surface area contributed by atoms with Crippen LogP contribution in [0.4, 0.5) is 10.1 Å². The van der Waals surface area contributed by atoms with E-state index in [1.165, 1.54) is 12.1 Å². The number of nitrogens with one attached hydrogen (secondary N) is 1. The van der Waals surface area contributed by atoms with Crippen molar-refractivity contribution in [3.8, 4) is 0 Å². The zero-order chi connectivity index (χ0) is 13.3. The van der Waals surface area contributed by atoms with E-state index in [2.05, 4.69) is 5.32 Å². The Labute approximate surface area is 109 Å². The third kappa shape index (κ3) is 2.54. The molecule has 2 rings (SSSR count). The van der Waals surface area contributed by atoms with E-state index >= 15 is 0 Å². The van der Waals surface area contributed by atoms with Crippen molar-refractivity contribution in [3.05, 3.63) is 52.2 Å². The van der Waals surface area contributed by atoms with Gasteiger partial charge in [-0.3, -0.25) is 4.79 Å². The van der Waals surface area contributed by atoms with Gasteiger partial charge in [-0.2, -0.15) is 0 Å². The standard InChI is InChI=1S/C13H11ClFNO2/c1-7-5-10(8(2)18-7)13(17)16-12-4-3-9(15)6-11(12)14/h3-6H,1-2H3,(H,16,17).